The number of thioether (sulfide) groups is 1. The van der Waals surface area contributed by atoms with E-state index in [4.69, 9.17) is 23.2 Å². The van der Waals surface area contributed by atoms with Crippen LogP contribution in [-0.2, 0) is 5.75 Å². The zero-order valence-electron chi connectivity index (χ0n) is 10.5. The second-order valence-electron chi connectivity index (χ2n) is 3.98. The molecule has 0 amide bonds. The summed E-state index contributed by atoms with van der Waals surface area (Å²) in [5.74, 6) is 2.68. The van der Waals surface area contributed by atoms with Crippen LogP contribution in [0.5, 0.6) is 0 Å². The Morgan fingerprint density at radius 3 is 2.95 bits per heavy atom. The molecule has 0 aliphatic rings. The van der Waals surface area contributed by atoms with E-state index in [-0.39, 0.29) is 0 Å². The van der Waals surface area contributed by atoms with Gasteiger partial charge < -0.3 is 0 Å². The highest BCUT2D eigenvalue weighted by Gasteiger charge is 2.15. The average Bonchev–Trinajstić information content (AvgIpc) is 3.00. The molecule has 8 heteroatoms. The number of nitrogens with zero attached hydrogens (tertiary/aromatic N) is 4. The third kappa shape index (κ3) is 2.65. The van der Waals surface area contributed by atoms with Gasteiger partial charge in [-0.05, 0) is 24.0 Å². The van der Waals surface area contributed by atoms with Crippen molar-refractivity contribution >= 4 is 51.3 Å². The second-order valence-corrected chi connectivity index (χ2v) is 7.05. The molecule has 3 rings (SSSR count). The van der Waals surface area contributed by atoms with Gasteiger partial charge in [0.2, 0.25) is 4.96 Å². The molecular formula is C12H10Cl2N4S2. The van der Waals surface area contributed by atoms with Gasteiger partial charge in [0.1, 0.15) is 5.01 Å². The van der Waals surface area contributed by atoms with Crippen LogP contribution in [0.1, 0.15) is 12.7 Å². The van der Waals surface area contributed by atoms with Gasteiger partial charge in [0.25, 0.3) is 0 Å². The van der Waals surface area contributed by atoms with Gasteiger partial charge in [-0.2, -0.15) is 21.4 Å². The minimum atomic E-state index is 0.629. The predicted octanol–water partition coefficient (Wildman–Crippen LogP) is 4.41. The van der Waals surface area contributed by atoms with Gasteiger partial charge in [-0.1, -0.05) is 41.5 Å². The zero-order valence-corrected chi connectivity index (χ0v) is 13.7. The molecule has 0 spiro atoms. The molecule has 0 N–H and O–H groups in total. The lowest BCUT2D eigenvalue weighted by molar-refractivity contribution is 0.887. The van der Waals surface area contributed by atoms with Gasteiger partial charge >= 0.3 is 0 Å². The summed E-state index contributed by atoms with van der Waals surface area (Å²) in [4.78, 5) is 0.766. The summed E-state index contributed by atoms with van der Waals surface area (Å²) in [6.45, 7) is 2.11. The molecule has 1 aromatic carbocycles. The Hall–Kier alpha value is -0.820. The van der Waals surface area contributed by atoms with Crippen molar-refractivity contribution in [2.24, 2.45) is 0 Å². The molecule has 0 radical (unpaired) electrons. The third-order valence-corrected chi connectivity index (χ3v) is 5.02. The van der Waals surface area contributed by atoms with Gasteiger partial charge in [-0.15, -0.1) is 10.2 Å². The first-order valence-electron chi connectivity index (χ1n) is 5.93. The monoisotopic (exact) mass is 344 g/mol. The molecule has 0 saturated heterocycles. The molecule has 0 aliphatic carbocycles. The molecule has 4 nitrogen and oxygen atoms in total. The van der Waals surface area contributed by atoms with Crippen LogP contribution in [0.2, 0.25) is 10.0 Å². The van der Waals surface area contributed by atoms with Crippen LogP contribution in [0, 0.1) is 0 Å². The molecule has 20 heavy (non-hydrogen) atoms. The predicted molar refractivity (Wildman–Crippen MR) is 86.0 cm³/mol. The fourth-order valence-electron chi connectivity index (χ4n) is 1.71. The number of hydrogen-bond acceptors (Lipinski definition) is 5. The topological polar surface area (TPSA) is 43.1 Å². The van der Waals surface area contributed by atoms with E-state index < -0.39 is 0 Å². The largest absolute Gasteiger partial charge is 0.235 e. The first-order valence-corrected chi connectivity index (χ1v) is 8.66. The van der Waals surface area contributed by atoms with Crippen molar-refractivity contribution in [3.05, 3.63) is 34.1 Å². The summed E-state index contributed by atoms with van der Waals surface area (Å²) in [5, 5.41) is 14.9. The van der Waals surface area contributed by atoms with E-state index in [0.29, 0.717) is 10.0 Å². The lowest BCUT2D eigenvalue weighted by Crippen LogP contribution is -1.94. The van der Waals surface area contributed by atoms with E-state index in [1.54, 1.807) is 28.4 Å². The molecule has 2 heterocycles. The molecule has 0 aliphatic heterocycles. The summed E-state index contributed by atoms with van der Waals surface area (Å²) in [6.07, 6.45) is 0. The van der Waals surface area contributed by atoms with Crippen molar-refractivity contribution in [2.75, 3.05) is 5.75 Å². The number of halogens is 2. The Balaban J connectivity index is 2.04. The Kier molecular flexibility index (Phi) is 4.16. The number of rotatable bonds is 4. The number of aromatic nitrogens is 4. The molecule has 0 atom stereocenters. The van der Waals surface area contributed by atoms with Crippen LogP contribution < -0.4 is 0 Å². The van der Waals surface area contributed by atoms with E-state index in [9.17, 15) is 0 Å². The molecule has 0 bridgehead atoms. The van der Waals surface area contributed by atoms with Crippen LogP contribution >= 0.6 is 46.3 Å². The molecule has 0 fully saturated rings. The third-order valence-electron chi connectivity index (χ3n) is 2.65. The van der Waals surface area contributed by atoms with Crippen molar-refractivity contribution in [2.45, 2.75) is 12.7 Å². The lowest BCUT2D eigenvalue weighted by atomic mass is 10.2. The summed E-state index contributed by atoms with van der Waals surface area (Å²) in [6, 6.07) is 5.35. The molecule has 3 aromatic rings. The van der Waals surface area contributed by atoms with Crippen molar-refractivity contribution in [3.63, 3.8) is 0 Å². The van der Waals surface area contributed by atoms with Crippen LogP contribution in [0.15, 0.2) is 18.2 Å². The van der Waals surface area contributed by atoms with Gasteiger partial charge in [0.15, 0.2) is 5.82 Å². The average molecular weight is 345 g/mol. The maximum absolute atomic E-state index is 6.21. The molecule has 2 aromatic heterocycles. The Labute approximate surface area is 134 Å². The van der Waals surface area contributed by atoms with E-state index in [0.717, 1.165) is 32.9 Å². The Morgan fingerprint density at radius 1 is 1.30 bits per heavy atom. The molecule has 0 unspecified atom stereocenters. The molecular weight excluding hydrogens is 335 g/mol. The molecule has 0 saturated carbocycles. The summed E-state index contributed by atoms with van der Waals surface area (Å²) in [5.41, 5.74) is 0.823. The smallest absolute Gasteiger partial charge is 0.186 e. The summed E-state index contributed by atoms with van der Waals surface area (Å²) >= 11 is 15.5. The molecule has 104 valence electrons. The fourth-order valence-corrected chi connectivity index (χ4v) is 3.60. The number of hydrogen-bond donors (Lipinski definition) is 0. The highest BCUT2D eigenvalue weighted by molar-refractivity contribution is 7.98. The van der Waals surface area contributed by atoms with Gasteiger partial charge in [-0.3, -0.25) is 0 Å². The normalized spacial score (nSPS) is 11.3. The maximum atomic E-state index is 6.21. The van der Waals surface area contributed by atoms with E-state index in [1.807, 2.05) is 6.07 Å². The number of fused-ring (bicyclic) bond motifs is 1. The lowest BCUT2D eigenvalue weighted by Gasteiger charge is -2.00. The van der Waals surface area contributed by atoms with Gasteiger partial charge in [0.05, 0.1) is 10.8 Å². The van der Waals surface area contributed by atoms with Gasteiger partial charge in [-0.25, -0.2) is 0 Å². The van der Waals surface area contributed by atoms with Crippen molar-refractivity contribution < 1.29 is 0 Å². The van der Waals surface area contributed by atoms with E-state index in [2.05, 4.69) is 22.2 Å². The minimum Gasteiger partial charge on any atom is -0.186 e. The standard InChI is InChI=1S/C12H10Cl2N4S2/c1-2-19-6-10-15-16-12-18(10)17-11(20-12)8-5-7(13)3-4-9(8)14/h3-5H,2,6H2,1H3. The first kappa shape index (κ1) is 14.1. The second kappa shape index (κ2) is 5.89. The quantitative estimate of drug-likeness (QED) is 0.702. The van der Waals surface area contributed by atoms with Crippen molar-refractivity contribution in [1.82, 2.24) is 19.8 Å². The van der Waals surface area contributed by atoms with Crippen molar-refractivity contribution in [1.29, 1.82) is 0 Å². The zero-order chi connectivity index (χ0) is 14.1. The van der Waals surface area contributed by atoms with Gasteiger partial charge in [0, 0.05) is 10.6 Å². The first-order chi connectivity index (χ1) is 9.69. The maximum Gasteiger partial charge on any atom is 0.235 e. The van der Waals surface area contributed by atoms with Crippen LogP contribution in [0.4, 0.5) is 0 Å². The fraction of sp³-hybridized carbons (Fsp3) is 0.250. The highest BCUT2D eigenvalue weighted by atomic mass is 35.5. The van der Waals surface area contributed by atoms with E-state index >= 15 is 0 Å². The van der Waals surface area contributed by atoms with Crippen LogP contribution in [0.25, 0.3) is 15.5 Å². The van der Waals surface area contributed by atoms with Crippen LogP contribution in [-0.4, -0.2) is 25.6 Å². The summed E-state index contributed by atoms with van der Waals surface area (Å²) < 4.78 is 1.78. The SMILES string of the molecule is CCSCc1nnc2sc(-c3cc(Cl)ccc3Cl)nn12. The Bertz CT molecular complexity index is 753. The van der Waals surface area contributed by atoms with Crippen LogP contribution in [0.3, 0.4) is 0 Å². The van der Waals surface area contributed by atoms with E-state index in [1.165, 1.54) is 11.3 Å². The Morgan fingerprint density at radius 2 is 2.15 bits per heavy atom. The summed E-state index contributed by atoms with van der Waals surface area (Å²) in [7, 11) is 0. The highest BCUT2D eigenvalue weighted by Crippen LogP contribution is 2.33. The van der Waals surface area contributed by atoms with Crippen molar-refractivity contribution in [3.8, 4) is 10.6 Å². The number of benzene rings is 1. The minimum absolute atomic E-state index is 0.629.